The Labute approximate surface area is 136 Å². The highest BCUT2D eigenvalue weighted by Crippen LogP contribution is 2.25. The molecule has 1 aliphatic rings. The van der Waals surface area contributed by atoms with Crippen LogP contribution in [-0.2, 0) is 9.59 Å². The molecular weight excluding hydrogens is 296 g/mol. The summed E-state index contributed by atoms with van der Waals surface area (Å²) in [6.45, 7) is 2.01. The molecule has 0 spiro atoms. The number of aromatic nitrogens is 1. The minimum Gasteiger partial charge on any atom is -0.467 e. The molecule has 0 bridgehead atoms. The molecule has 0 saturated heterocycles. The van der Waals surface area contributed by atoms with Gasteiger partial charge in [-0.05, 0) is 24.4 Å². The second-order valence-electron chi connectivity index (χ2n) is 6.13. The first kappa shape index (κ1) is 17.5. The molecule has 2 rings (SSSR count). The lowest BCUT2D eigenvalue weighted by atomic mass is 10.0. The molecule has 1 saturated carbocycles. The van der Waals surface area contributed by atoms with Gasteiger partial charge in [-0.15, -0.1) is 0 Å². The van der Waals surface area contributed by atoms with Crippen molar-refractivity contribution in [3.8, 4) is 5.88 Å². The van der Waals surface area contributed by atoms with Crippen LogP contribution in [0.4, 0.5) is 0 Å². The fraction of sp³-hybridized carbons (Fsp3) is 0.706. The van der Waals surface area contributed by atoms with E-state index < -0.39 is 6.04 Å². The molecule has 1 fully saturated rings. The number of carbonyl (C=O) groups is 2. The highest BCUT2D eigenvalue weighted by atomic mass is 16.5. The quantitative estimate of drug-likeness (QED) is 0.670. The van der Waals surface area contributed by atoms with Crippen molar-refractivity contribution in [1.29, 1.82) is 0 Å². The van der Waals surface area contributed by atoms with Gasteiger partial charge in [0.1, 0.15) is 6.26 Å². The fourth-order valence-corrected chi connectivity index (χ4v) is 2.91. The van der Waals surface area contributed by atoms with Crippen LogP contribution in [0.1, 0.15) is 58.3 Å². The Balaban J connectivity index is 1.86. The number of rotatable bonds is 10. The van der Waals surface area contributed by atoms with E-state index in [1.54, 1.807) is 6.07 Å². The lowest BCUT2D eigenvalue weighted by Gasteiger charge is -2.19. The molecule has 1 amide bonds. The van der Waals surface area contributed by atoms with Crippen molar-refractivity contribution in [2.75, 3.05) is 6.61 Å². The Morgan fingerprint density at radius 1 is 1.39 bits per heavy atom. The van der Waals surface area contributed by atoms with Gasteiger partial charge in [0.15, 0.2) is 12.4 Å². The van der Waals surface area contributed by atoms with Gasteiger partial charge in [0.2, 0.25) is 5.91 Å². The van der Waals surface area contributed by atoms with E-state index in [4.69, 9.17) is 4.74 Å². The molecule has 6 heteroatoms. The van der Waals surface area contributed by atoms with Crippen LogP contribution in [0.15, 0.2) is 16.9 Å². The molecule has 0 unspecified atom stereocenters. The minimum absolute atomic E-state index is 0.0128. The summed E-state index contributed by atoms with van der Waals surface area (Å²) in [5.74, 6) is 0.245. The Bertz CT molecular complexity index is 481. The van der Waals surface area contributed by atoms with Crippen molar-refractivity contribution in [2.45, 2.75) is 64.3 Å². The van der Waals surface area contributed by atoms with E-state index >= 15 is 0 Å². The highest BCUT2D eigenvalue weighted by molar-refractivity contribution is 5.90. The summed E-state index contributed by atoms with van der Waals surface area (Å²) >= 11 is 0. The average molecular weight is 322 g/mol. The second kappa shape index (κ2) is 9.33. The number of nitrogens with one attached hydrogen (secondary N) is 1. The Morgan fingerprint density at radius 3 is 2.83 bits per heavy atom. The Morgan fingerprint density at radius 2 is 2.17 bits per heavy atom. The first-order valence-electron chi connectivity index (χ1n) is 8.57. The fourth-order valence-electron chi connectivity index (χ4n) is 2.91. The van der Waals surface area contributed by atoms with Gasteiger partial charge in [-0.3, -0.25) is 9.59 Å². The monoisotopic (exact) mass is 322 g/mol. The summed E-state index contributed by atoms with van der Waals surface area (Å²) in [5.41, 5.74) is 0. The average Bonchev–Trinajstić information content (AvgIpc) is 3.24. The molecule has 6 nitrogen and oxygen atoms in total. The number of Topliss-reactive ketones (excluding diaryl/α,β-unsaturated/α-hetero) is 1. The molecule has 23 heavy (non-hydrogen) atoms. The predicted octanol–water partition coefficient (Wildman–Crippen LogP) is 2.88. The number of ketones is 1. The van der Waals surface area contributed by atoms with E-state index in [9.17, 15) is 9.59 Å². The van der Waals surface area contributed by atoms with E-state index in [0.29, 0.717) is 6.42 Å². The van der Waals surface area contributed by atoms with Crippen LogP contribution in [0, 0.1) is 5.92 Å². The van der Waals surface area contributed by atoms with Gasteiger partial charge in [0.25, 0.3) is 5.88 Å². The largest absolute Gasteiger partial charge is 0.467 e. The minimum atomic E-state index is -0.471. The maximum absolute atomic E-state index is 12.4. The number of unbranched alkanes of at least 4 members (excludes halogenated alkanes) is 2. The lowest BCUT2D eigenvalue weighted by Crippen LogP contribution is -2.45. The van der Waals surface area contributed by atoms with E-state index in [1.807, 2.05) is 0 Å². The number of amides is 1. The summed E-state index contributed by atoms with van der Waals surface area (Å²) in [4.78, 5) is 24.7. The molecule has 1 heterocycles. The van der Waals surface area contributed by atoms with Gasteiger partial charge < -0.3 is 14.6 Å². The molecule has 1 N–H and O–H groups in total. The summed E-state index contributed by atoms with van der Waals surface area (Å²) in [5, 5.41) is 6.55. The van der Waals surface area contributed by atoms with E-state index in [-0.39, 0.29) is 30.1 Å². The maximum Gasteiger partial charge on any atom is 0.254 e. The van der Waals surface area contributed by atoms with Crippen LogP contribution in [0.25, 0.3) is 0 Å². The summed E-state index contributed by atoms with van der Waals surface area (Å²) in [6, 6.07) is 1.08. The summed E-state index contributed by atoms with van der Waals surface area (Å²) in [7, 11) is 0. The molecule has 1 aromatic heterocycles. The Kier molecular flexibility index (Phi) is 7.10. The Hall–Kier alpha value is -1.85. The molecule has 0 radical (unpaired) electrons. The number of carbonyl (C=O) groups excluding carboxylic acids is 2. The van der Waals surface area contributed by atoms with Crippen LogP contribution in [-0.4, -0.2) is 29.5 Å². The predicted molar refractivity (Wildman–Crippen MR) is 85.0 cm³/mol. The number of nitrogens with zero attached hydrogens (tertiary/aromatic N) is 1. The molecule has 1 atom stereocenters. The molecule has 0 aromatic carbocycles. The van der Waals surface area contributed by atoms with Crippen LogP contribution in [0.3, 0.4) is 0 Å². The third kappa shape index (κ3) is 5.69. The van der Waals surface area contributed by atoms with Crippen LogP contribution >= 0.6 is 0 Å². The normalized spacial score (nSPS) is 16.2. The molecule has 1 aliphatic carbocycles. The van der Waals surface area contributed by atoms with E-state index in [0.717, 1.165) is 44.9 Å². The SMILES string of the molecule is CCCCC[C@H](NC(=O)C1CCCC1)C(=O)COc1ccon1. The zero-order chi connectivity index (χ0) is 16.5. The van der Waals surface area contributed by atoms with Crippen molar-refractivity contribution >= 4 is 11.7 Å². The van der Waals surface area contributed by atoms with Crippen LogP contribution < -0.4 is 10.1 Å². The molecule has 0 aliphatic heterocycles. The van der Waals surface area contributed by atoms with Crippen molar-refractivity contribution in [1.82, 2.24) is 10.5 Å². The van der Waals surface area contributed by atoms with Crippen molar-refractivity contribution < 1.29 is 18.8 Å². The van der Waals surface area contributed by atoms with Crippen LogP contribution in [0.5, 0.6) is 5.88 Å². The summed E-state index contributed by atoms with van der Waals surface area (Å²) < 4.78 is 9.96. The molecule has 128 valence electrons. The van der Waals surface area contributed by atoms with Gasteiger partial charge >= 0.3 is 0 Å². The third-order valence-electron chi connectivity index (χ3n) is 4.30. The zero-order valence-electron chi connectivity index (χ0n) is 13.8. The zero-order valence-corrected chi connectivity index (χ0v) is 13.8. The standard InChI is InChI=1S/C17H26N2O4/c1-2-3-4-9-14(18-17(21)13-7-5-6-8-13)15(20)12-22-16-10-11-23-19-16/h10-11,13-14H,2-9,12H2,1H3,(H,18,21)/t14-/m0/s1. The van der Waals surface area contributed by atoms with Gasteiger partial charge in [0.05, 0.1) is 6.04 Å². The van der Waals surface area contributed by atoms with Gasteiger partial charge in [-0.25, -0.2) is 0 Å². The maximum atomic E-state index is 12.4. The van der Waals surface area contributed by atoms with Crippen LogP contribution in [0.2, 0.25) is 0 Å². The summed E-state index contributed by atoms with van der Waals surface area (Å²) in [6.07, 6.45) is 9.15. The second-order valence-corrected chi connectivity index (χ2v) is 6.13. The third-order valence-corrected chi connectivity index (χ3v) is 4.30. The first-order valence-corrected chi connectivity index (χ1v) is 8.57. The van der Waals surface area contributed by atoms with Crippen molar-refractivity contribution in [3.05, 3.63) is 12.3 Å². The smallest absolute Gasteiger partial charge is 0.254 e. The van der Waals surface area contributed by atoms with Gasteiger partial charge in [-0.1, -0.05) is 39.0 Å². The topological polar surface area (TPSA) is 81.4 Å². The first-order chi connectivity index (χ1) is 11.2. The highest BCUT2D eigenvalue weighted by Gasteiger charge is 2.27. The number of ether oxygens (including phenoxy) is 1. The molecular formula is C17H26N2O4. The number of hydrogen-bond acceptors (Lipinski definition) is 5. The van der Waals surface area contributed by atoms with Gasteiger partial charge in [0, 0.05) is 12.0 Å². The van der Waals surface area contributed by atoms with E-state index in [1.165, 1.54) is 6.26 Å². The van der Waals surface area contributed by atoms with Crippen molar-refractivity contribution in [2.24, 2.45) is 5.92 Å². The van der Waals surface area contributed by atoms with E-state index in [2.05, 4.69) is 21.9 Å². The van der Waals surface area contributed by atoms with Crippen molar-refractivity contribution in [3.63, 3.8) is 0 Å². The lowest BCUT2D eigenvalue weighted by molar-refractivity contribution is -0.131. The van der Waals surface area contributed by atoms with Gasteiger partial charge in [-0.2, -0.15) is 0 Å². The number of hydrogen-bond donors (Lipinski definition) is 1. The molecule has 1 aromatic rings.